The number of hydrogen-bond donors (Lipinski definition) is 2. The fourth-order valence-electron chi connectivity index (χ4n) is 3.34. The first kappa shape index (κ1) is 28.6. The number of carboxylic acid groups (broad SMARTS) is 1. The van der Waals surface area contributed by atoms with Crippen molar-refractivity contribution in [2.24, 2.45) is 11.8 Å². The normalized spacial score (nSPS) is 12.9. The molecular formula is C24H50O3. The Morgan fingerprint density at radius 2 is 1.04 bits per heavy atom. The van der Waals surface area contributed by atoms with Crippen LogP contribution < -0.4 is 0 Å². The molecule has 2 atom stereocenters. The molecule has 0 radical (unpaired) electrons. The summed E-state index contributed by atoms with van der Waals surface area (Å²) in [5, 5.41) is 18.1. The van der Waals surface area contributed by atoms with Crippen molar-refractivity contribution in [1.29, 1.82) is 0 Å². The molecule has 0 rings (SSSR count). The van der Waals surface area contributed by atoms with E-state index in [0.717, 1.165) is 32.1 Å². The van der Waals surface area contributed by atoms with Crippen LogP contribution in [0.25, 0.3) is 0 Å². The van der Waals surface area contributed by atoms with Gasteiger partial charge in [-0.3, -0.25) is 4.79 Å². The summed E-state index contributed by atoms with van der Waals surface area (Å²) >= 11 is 0. The first-order chi connectivity index (χ1) is 13.1. The van der Waals surface area contributed by atoms with Gasteiger partial charge in [-0.25, -0.2) is 0 Å². The van der Waals surface area contributed by atoms with Gasteiger partial charge in [0.25, 0.3) is 0 Å². The average molecular weight is 387 g/mol. The number of unbranched alkanes of at least 4 members (excludes halogenated alkanes) is 8. The first-order valence-electron chi connectivity index (χ1n) is 11.9. The van der Waals surface area contributed by atoms with Gasteiger partial charge in [-0.1, -0.05) is 105 Å². The van der Waals surface area contributed by atoms with Crippen molar-refractivity contribution in [3.05, 3.63) is 0 Å². The monoisotopic (exact) mass is 386 g/mol. The molecule has 0 aromatic heterocycles. The van der Waals surface area contributed by atoms with Crippen LogP contribution in [0.3, 0.4) is 0 Å². The summed E-state index contributed by atoms with van der Waals surface area (Å²) in [5.74, 6) is -0.112. The lowest BCUT2D eigenvalue weighted by Gasteiger charge is -2.12. The molecule has 0 aliphatic carbocycles. The van der Waals surface area contributed by atoms with Gasteiger partial charge in [-0.05, 0) is 31.6 Å². The van der Waals surface area contributed by atoms with E-state index in [9.17, 15) is 4.79 Å². The number of aliphatic hydroxyl groups excluding tert-OH is 1. The lowest BCUT2D eigenvalue weighted by Crippen LogP contribution is -2.13. The maximum atomic E-state index is 10.9. The van der Waals surface area contributed by atoms with Crippen LogP contribution in [0.15, 0.2) is 0 Å². The molecule has 27 heavy (non-hydrogen) atoms. The zero-order valence-electron chi connectivity index (χ0n) is 19.0. The van der Waals surface area contributed by atoms with Crippen LogP contribution in [-0.4, -0.2) is 22.8 Å². The Bertz CT molecular complexity index is 291. The molecule has 0 spiro atoms. The first-order valence-corrected chi connectivity index (χ1v) is 11.9. The molecule has 0 fully saturated rings. The highest BCUT2D eigenvalue weighted by molar-refractivity contribution is 5.69. The van der Waals surface area contributed by atoms with E-state index in [-0.39, 0.29) is 5.92 Å². The SMILES string of the molecule is CCCCCCC(CCCC)C(=O)O.CCCCCCC(CO)CCCC. The fourth-order valence-corrected chi connectivity index (χ4v) is 3.34. The zero-order valence-corrected chi connectivity index (χ0v) is 19.0. The van der Waals surface area contributed by atoms with Gasteiger partial charge in [0.05, 0.1) is 5.92 Å². The van der Waals surface area contributed by atoms with E-state index < -0.39 is 5.97 Å². The smallest absolute Gasteiger partial charge is 0.306 e. The van der Waals surface area contributed by atoms with Crippen LogP contribution in [0.2, 0.25) is 0 Å². The number of aliphatic carboxylic acids is 1. The van der Waals surface area contributed by atoms with E-state index in [2.05, 4.69) is 27.7 Å². The minimum atomic E-state index is -0.602. The summed E-state index contributed by atoms with van der Waals surface area (Å²) in [5.41, 5.74) is 0. The van der Waals surface area contributed by atoms with Gasteiger partial charge < -0.3 is 10.2 Å². The molecule has 3 nitrogen and oxygen atoms in total. The molecule has 0 bridgehead atoms. The predicted octanol–water partition coefficient (Wildman–Crippen LogP) is 7.60. The standard InChI is InChI=1S/C12H24O2.C12H26O/c1-3-5-7-8-10-11(12(13)14)9-6-4-2;1-3-5-7-8-10-12(11-13)9-6-4-2/h11H,3-10H2,1-2H3,(H,13,14);12-13H,3-11H2,1-2H3. The highest BCUT2D eigenvalue weighted by Crippen LogP contribution is 2.17. The predicted molar refractivity (Wildman–Crippen MR) is 118 cm³/mol. The third-order valence-corrected chi connectivity index (χ3v) is 5.35. The second-order valence-electron chi connectivity index (χ2n) is 8.07. The Balaban J connectivity index is 0. The minimum absolute atomic E-state index is 0.0909. The molecule has 0 amide bonds. The third-order valence-electron chi connectivity index (χ3n) is 5.35. The number of carboxylic acids is 1. The van der Waals surface area contributed by atoms with Crippen LogP contribution in [0.1, 0.15) is 130 Å². The van der Waals surface area contributed by atoms with E-state index in [4.69, 9.17) is 10.2 Å². The largest absolute Gasteiger partial charge is 0.481 e. The van der Waals surface area contributed by atoms with E-state index in [1.165, 1.54) is 70.6 Å². The van der Waals surface area contributed by atoms with Gasteiger partial charge in [0, 0.05) is 6.61 Å². The molecule has 2 N–H and O–H groups in total. The second kappa shape index (κ2) is 23.5. The summed E-state index contributed by atoms with van der Waals surface area (Å²) in [4.78, 5) is 10.9. The average Bonchev–Trinajstić information content (AvgIpc) is 2.67. The topological polar surface area (TPSA) is 57.5 Å². The van der Waals surface area contributed by atoms with Crippen molar-refractivity contribution in [3.8, 4) is 0 Å². The number of hydrogen-bond acceptors (Lipinski definition) is 2. The van der Waals surface area contributed by atoms with E-state index in [1.807, 2.05) is 0 Å². The Morgan fingerprint density at radius 3 is 1.48 bits per heavy atom. The zero-order chi connectivity index (χ0) is 20.8. The molecule has 0 aromatic rings. The highest BCUT2D eigenvalue weighted by atomic mass is 16.4. The van der Waals surface area contributed by atoms with Crippen molar-refractivity contribution >= 4 is 5.97 Å². The summed E-state index contributed by atoms with van der Waals surface area (Å²) in [6.07, 6.45) is 18.9. The van der Waals surface area contributed by atoms with E-state index in [1.54, 1.807) is 0 Å². The van der Waals surface area contributed by atoms with Crippen molar-refractivity contribution in [2.45, 2.75) is 130 Å². The highest BCUT2D eigenvalue weighted by Gasteiger charge is 2.15. The minimum Gasteiger partial charge on any atom is -0.481 e. The van der Waals surface area contributed by atoms with Crippen molar-refractivity contribution in [3.63, 3.8) is 0 Å². The van der Waals surface area contributed by atoms with Crippen LogP contribution >= 0.6 is 0 Å². The number of rotatable bonds is 18. The van der Waals surface area contributed by atoms with Crippen LogP contribution in [0, 0.1) is 11.8 Å². The molecule has 0 aromatic carbocycles. The number of aliphatic hydroxyl groups is 1. The maximum absolute atomic E-state index is 10.9. The molecule has 0 saturated heterocycles. The Hall–Kier alpha value is -0.570. The Morgan fingerprint density at radius 1 is 0.630 bits per heavy atom. The Kier molecular flexibility index (Phi) is 24.9. The number of carbonyl (C=O) groups is 1. The van der Waals surface area contributed by atoms with Gasteiger partial charge >= 0.3 is 5.97 Å². The lowest BCUT2D eigenvalue weighted by molar-refractivity contribution is -0.142. The lowest BCUT2D eigenvalue weighted by atomic mass is 9.95. The molecular weight excluding hydrogens is 336 g/mol. The van der Waals surface area contributed by atoms with Crippen LogP contribution in [-0.2, 0) is 4.79 Å². The summed E-state index contributed by atoms with van der Waals surface area (Å²) < 4.78 is 0. The van der Waals surface area contributed by atoms with Gasteiger partial charge in [0.1, 0.15) is 0 Å². The van der Waals surface area contributed by atoms with Crippen molar-refractivity contribution < 1.29 is 15.0 Å². The van der Waals surface area contributed by atoms with Gasteiger partial charge in [-0.2, -0.15) is 0 Å². The third kappa shape index (κ3) is 21.6. The summed E-state index contributed by atoms with van der Waals surface area (Å²) in [6, 6.07) is 0. The second-order valence-corrected chi connectivity index (χ2v) is 8.07. The van der Waals surface area contributed by atoms with Crippen LogP contribution in [0.5, 0.6) is 0 Å². The van der Waals surface area contributed by atoms with Gasteiger partial charge in [-0.15, -0.1) is 0 Å². The summed E-state index contributed by atoms with van der Waals surface area (Å²) in [6.45, 7) is 9.13. The van der Waals surface area contributed by atoms with E-state index >= 15 is 0 Å². The molecule has 164 valence electrons. The van der Waals surface area contributed by atoms with Crippen molar-refractivity contribution in [2.75, 3.05) is 6.61 Å². The fraction of sp³-hybridized carbons (Fsp3) is 0.958. The molecule has 0 aliphatic heterocycles. The van der Waals surface area contributed by atoms with Crippen molar-refractivity contribution in [1.82, 2.24) is 0 Å². The molecule has 0 saturated carbocycles. The molecule has 3 heteroatoms. The molecule has 2 unspecified atom stereocenters. The summed E-state index contributed by atoms with van der Waals surface area (Å²) in [7, 11) is 0. The van der Waals surface area contributed by atoms with Gasteiger partial charge in [0.2, 0.25) is 0 Å². The Labute approximate surface area is 170 Å². The van der Waals surface area contributed by atoms with Crippen LogP contribution in [0.4, 0.5) is 0 Å². The quantitative estimate of drug-likeness (QED) is 0.238. The van der Waals surface area contributed by atoms with E-state index in [0.29, 0.717) is 12.5 Å². The molecule has 0 aliphatic rings. The maximum Gasteiger partial charge on any atom is 0.306 e. The van der Waals surface area contributed by atoms with Gasteiger partial charge in [0.15, 0.2) is 0 Å². The molecule has 0 heterocycles.